The summed E-state index contributed by atoms with van der Waals surface area (Å²) >= 11 is 0. The number of nitrogens with one attached hydrogen (secondary N) is 1. The SMILES string of the molecule is C=CNC(/C=C\CC)c1ccc(C)cc1. The molecule has 0 saturated heterocycles. The van der Waals surface area contributed by atoms with E-state index in [9.17, 15) is 0 Å². The van der Waals surface area contributed by atoms with Gasteiger partial charge in [-0.3, -0.25) is 0 Å². The minimum absolute atomic E-state index is 0.239. The van der Waals surface area contributed by atoms with Gasteiger partial charge < -0.3 is 5.32 Å². The van der Waals surface area contributed by atoms with Gasteiger partial charge in [0.1, 0.15) is 0 Å². The molecule has 1 N–H and O–H groups in total. The molecule has 0 bridgehead atoms. The van der Waals surface area contributed by atoms with E-state index in [1.807, 2.05) is 0 Å². The number of rotatable bonds is 5. The summed E-state index contributed by atoms with van der Waals surface area (Å²) in [4.78, 5) is 0. The van der Waals surface area contributed by atoms with Crippen LogP contribution < -0.4 is 5.32 Å². The van der Waals surface area contributed by atoms with Gasteiger partial charge in [-0.25, -0.2) is 0 Å². The van der Waals surface area contributed by atoms with Crippen molar-refractivity contribution >= 4 is 0 Å². The average molecular weight is 201 g/mol. The van der Waals surface area contributed by atoms with Crippen LogP contribution in [0.2, 0.25) is 0 Å². The van der Waals surface area contributed by atoms with Crippen LogP contribution in [0, 0.1) is 6.92 Å². The topological polar surface area (TPSA) is 12.0 Å². The molecule has 0 heterocycles. The van der Waals surface area contributed by atoms with E-state index < -0.39 is 0 Å². The van der Waals surface area contributed by atoms with Gasteiger partial charge in [0.2, 0.25) is 0 Å². The van der Waals surface area contributed by atoms with Crippen LogP contribution >= 0.6 is 0 Å². The maximum Gasteiger partial charge on any atom is 0.0692 e. The monoisotopic (exact) mass is 201 g/mol. The average Bonchev–Trinajstić information content (AvgIpc) is 2.25. The standard InChI is InChI=1S/C14H19N/c1-4-6-7-14(15-5-2)13-10-8-12(3)9-11-13/h5-11,14-15H,2,4H2,1,3H3/b7-6-. The summed E-state index contributed by atoms with van der Waals surface area (Å²) < 4.78 is 0. The molecule has 0 aliphatic heterocycles. The number of allylic oxidation sites excluding steroid dienone is 1. The predicted molar refractivity (Wildman–Crippen MR) is 66.7 cm³/mol. The summed E-state index contributed by atoms with van der Waals surface area (Å²) in [6.07, 6.45) is 7.14. The zero-order valence-corrected chi connectivity index (χ0v) is 9.53. The molecule has 0 spiro atoms. The van der Waals surface area contributed by atoms with E-state index in [4.69, 9.17) is 0 Å². The molecule has 0 aliphatic rings. The molecule has 0 radical (unpaired) electrons. The molecule has 1 unspecified atom stereocenters. The number of hydrogen-bond donors (Lipinski definition) is 1. The first kappa shape index (κ1) is 11.6. The van der Waals surface area contributed by atoms with E-state index in [1.165, 1.54) is 11.1 Å². The van der Waals surface area contributed by atoms with E-state index in [1.54, 1.807) is 6.20 Å². The highest BCUT2D eigenvalue weighted by Crippen LogP contribution is 2.15. The number of hydrogen-bond acceptors (Lipinski definition) is 1. The van der Waals surface area contributed by atoms with Crippen molar-refractivity contribution in [3.8, 4) is 0 Å². The summed E-state index contributed by atoms with van der Waals surface area (Å²) in [6, 6.07) is 8.80. The maximum atomic E-state index is 3.71. The van der Waals surface area contributed by atoms with E-state index in [-0.39, 0.29) is 6.04 Å². The highest BCUT2D eigenvalue weighted by Gasteiger charge is 2.03. The van der Waals surface area contributed by atoms with E-state index in [2.05, 4.69) is 62.2 Å². The Morgan fingerprint density at radius 2 is 2.00 bits per heavy atom. The van der Waals surface area contributed by atoms with Crippen LogP contribution in [-0.2, 0) is 0 Å². The maximum absolute atomic E-state index is 3.71. The molecule has 80 valence electrons. The Balaban J connectivity index is 2.83. The molecule has 0 saturated carbocycles. The molecule has 0 aromatic heterocycles. The van der Waals surface area contributed by atoms with Crippen LogP contribution in [0.25, 0.3) is 0 Å². The first-order chi connectivity index (χ1) is 7.27. The second-order valence-electron chi connectivity index (χ2n) is 3.60. The first-order valence-electron chi connectivity index (χ1n) is 5.38. The van der Waals surface area contributed by atoms with E-state index >= 15 is 0 Å². The number of benzene rings is 1. The van der Waals surface area contributed by atoms with Crippen molar-refractivity contribution in [3.05, 3.63) is 60.3 Å². The molecule has 1 aromatic rings. The molecule has 15 heavy (non-hydrogen) atoms. The normalized spacial score (nSPS) is 12.7. The van der Waals surface area contributed by atoms with Crippen molar-refractivity contribution in [3.63, 3.8) is 0 Å². The Bertz CT molecular complexity index is 322. The quantitative estimate of drug-likeness (QED) is 0.716. The Morgan fingerprint density at radius 1 is 1.33 bits per heavy atom. The minimum atomic E-state index is 0.239. The van der Waals surface area contributed by atoms with Gasteiger partial charge >= 0.3 is 0 Å². The Morgan fingerprint density at radius 3 is 2.53 bits per heavy atom. The molecular weight excluding hydrogens is 182 g/mol. The summed E-state index contributed by atoms with van der Waals surface area (Å²) in [5.41, 5.74) is 2.56. The van der Waals surface area contributed by atoms with E-state index in [0.29, 0.717) is 0 Å². The van der Waals surface area contributed by atoms with Crippen LogP contribution in [0.4, 0.5) is 0 Å². The summed E-state index contributed by atoms with van der Waals surface area (Å²) in [5, 5.41) is 3.23. The van der Waals surface area contributed by atoms with Gasteiger partial charge in [0, 0.05) is 0 Å². The van der Waals surface area contributed by atoms with Crippen molar-refractivity contribution in [2.45, 2.75) is 26.3 Å². The molecule has 1 heteroatoms. The van der Waals surface area contributed by atoms with Gasteiger partial charge in [0.15, 0.2) is 0 Å². The fourth-order valence-corrected chi connectivity index (χ4v) is 1.44. The van der Waals surface area contributed by atoms with Crippen LogP contribution in [-0.4, -0.2) is 0 Å². The zero-order valence-electron chi connectivity index (χ0n) is 9.53. The second kappa shape index (κ2) is 6.07. The van der Waals surface area contributed by atoms with Crippen LogP contribution in [0.3, 0.4) is 0 Å². The lowest BCUT2D eigenvalue weighted by atomic mass is 10.0. The summed E-state index contributed by atoms with van der Waals surface area (Å²) in [6.45, 7) is 7.94. The first-order valence-corrected chi connectivity index (χ1v) is 5.38. The van der Waals surface area contributed by atoms with Gasteiger partial charge in [-0.2, -0.15) is 0 Å². The largest absolute Gasteiger partial charge is 0.381 e. The highest BCUT2D eigenvalue weighted by atomic mass is 14.9. The third-order valence-corrected chi connectivity index (χ3v) is 2.30. The van der Waals surface area contributed by atoms with Crippen molar-refractivity contribution in [2.24, 2.45) is 0 Å². The third-order valence-electron chi connectivity index (χ3n) is 2.30. The summed E-state index contributed by atoms with van der Waals surface area (Å²) in [7, 11) is 0. The van der Waals surface area contributed by atoms with Gasteiger partial charge in [0.05, 0.1) is 6.04 Å². The minimum Gasteiger partial charge on any atom is -0.381 e. The Labute approximate surface area is 92.5 Å². The van der Waals surface area contributed by atoms with Crippen molar-refractivity contribution < 1.29 is 0 Å². The van der Waals surface area contributed by atoms with Crippen LogP contribution in [0.15, 0.2) is 49.2 Å². The van der Waals surface area contributed by atoms with Crippen molar-refractivity contribution in [2.75, 3.05) is 0 Å². The number of aryl methyl sites for hydroxylation is 1. The molecule has 0 amide bonds. The lowest BCUT2D eigenvalue weighted by molar-refractivity contribution is 0.753. The molecular formula is C14H19N. The molecule has 0 aliphatic carbocycles. The smallest absolute Gasteiger partial charge is 0.0692 e. The van der Waals surface area contributed by atoms with Crippen LogP contribution in [0.5, 0.6) is 0 Å². The van der Waals surface area contributed by atoms with E-state index in [0.717, 1.165) is 6.42 Å². The predicted octanol–water partition coefficient (Wildman–Crippen LogP) is 3.74. The molecule has 1 atom stereocenters. The summed E-state index contributed by atoms with van der Waals surface area (Å²) in [5.74, 6) is 0. The Kier molecular flexibility index (Phi) is 4.69. The lowest BCUT2D eigenvalue weighted by Gasteiger charge is -2.13. The van der Waals surface area contributed by atoms with Crippen molar-refractivity contribution in [1.29, 1.82) is 0 Å². The fraction of sp³-hybridized carbons (Fsp3) is 0.286. The third kappa shape index (κ3) is 3.62. The molecule has 1 nitrogen and oxygen atoms in total. The fourth-order valence-electron chi connectivity index (χ4n) is 1.44. The van der Waals surface area contributed by atoms with Gasteiger partial charge in [-0.15, -0.1) is 0 Å². The van der Waals surface area contributed by atoms with Gasteiger partial charge in [-0.05, 0) is 25.1 Å². The molecule has 0 fully saturated rings. The molecule has 1 aromatic carbocycles. The highest BCUT2D eigenvalue weighted by molar-refractivity contribution is 5.27. The van der Waals surface area contributed by atoms with Gasteiger partial charge in [-0.1, -0.05) is 55.5 Å². The zero-order chi connectivity index (χ0) is 11.1. The Hall–Kier alpha value is -1.50. The second-order valence-corrected chi connectivity index (χ2v) is 3.60. The lowest BCUT2D eigenvalue weighted by Crippen LogP contribution is -2.12. The van der Waals surface area contributed by atoms with Crippen molar-refractivity contribution in [1.82, 2.24) is 5.32 Å². The molecule has 1 rings (SSSR count). The van der Waals surface area contributed by atoms with Crippen LogP contribution in [0.1, 0.15) is 30.5 Å². The van der Waals surface area contributed by atoms with Gasteiger partial charge in [0.25, 0.3) is 0 Å².